The highest BCUT2D eigenvalue weighted by Crippen LogP contribution is 2.30. The topological polar surface area (TPSA) is 63.3 Å². The molecule has 0 saturated carbocycles. The quantitative estimate of drug-likeness (QED) is 0.666. The molecule has 0 saturated heterocycles. The molecule has 3 N–H and O–H groups in total. The Labute approximate surface area is 116 Å². The smallest absolute Gasteiger partial charge is 0.329 e. The van der Waals surface area contributed by atoms with Gasteiger partial charge in [0.1, 0.15) is 0 Å². The van der Waals surface area contributed by atoms with E-state index in [0.29, 0.717) is 11.3 Å². The number of carboxylic acid groups (broad SMARTS) is 1. The first-order valence-electron chi connectivity index (χ1n) is 5.80. The summed E-state index contributed by atoms with van der Waals surface area (Å²) in [4.78, 5) is 9.66. The summed E-state index contributed by atoms with van der Waals surface area (Å²) >= 11 is 6.00. The maximum atomic E-state index is 11.1. The third kappa shape index (κ3) is 2.71. The average molecular weight is 276 g/mol. The lowest BCUT2D eigenvalue weighted by atomic mass is 9.97. The van der Waals surface area contributed by atoms with Crippen molar-refractivity contribution in [1.29, 1.82) is 0 Å². The molecule has 0 aliphatic rings. The van der Waals surface area contributed by atoms with Gasteiger partial charge in [0.2, 0.25) is 0 Å². The molecule has 4 heteroatoms. The van der Waals surface area contributed by atoms with Crippen LogP contribution in [-0.2, 0) is 9.67 Å². The zero-order valence-corrected chi connectivity index (χ0v) is 11.2. The van der Waals surface area contributed by atoms with Crippen LogP contribution in [0.4, 0.5) is 5.69 Å². The zero-order chi connectivity index (χ0) is 14.0. The highest BCUT2D eigenvalue weighted by atomic mass is 35.5. The van der Waals surface area contributed by atoms with E-state index in [4.69, 9.17) is 22.4 Å². The number of halogens is 1. The third-order valence-electron chi connectivity index (χ3n) is 3.07. The Bertz CT molecular complexity index is 589. The summed E-state index contributed by atoms with van der Waals surface area (Å²) in [6, 6.07) is 14.6. The van der Waals surface area contributed by atoms with Crippen LogP contribution in [0.2, 0.25) is 0 Å². The van der Waals surface area contributed by atoms with Crippen molar-refractivity contribution in [3.8, 4) is 11.1 Å². The molecular formula is C15H14ClNO2. The van der Waals surface area contributed by atoms with Gasteiger partial charge in [-0.2, -0.15) is 0 Å². The number of nitrogens with two attached hydrogens (primary N) is 1. The van der Waals surface area contributed by atoms with Gasteiger partial charge in [-0.1, -0.05) is 36.4 Å². The van der Waals surface area contributed by atoms with Crippen LogP contribution in [0.25, 0.3) is 11.1 Å². The van der Waals surface area contributed by atoms with Gasteiger partial charge in [0, 0.05) is 5.69 Å². The molecule has 2 aromatic rings. The van der Waals surface area contributed by atoms with Crippen molar-refractivity contribution in [1.82, 2.24) is 0 Å². The monoisotopic (exact) mass is 275 g/mol. The number of benzene rings is 2. The van der Waals surface area contributed by atoms with Gasteiger partial charge in [-0.15, -0.1) is 11.6 Å². The summed E-state index contributed by atoms with van der Waals surface area (Å²) in [5.41, 5.74) is 8.91. The van der Waals surface area contributed by atoms with E-state index in [1.165, 1.54) is 6.92 Å². The number of hydrogen-bond donors (Lipinski definition) is 2. The molecule has 0 heterocycles. The second kappa shape index (κ2) is 4.94. The molecule has 0 radical (unpaired) electrons. The number of carboxylic acids is 1. The minimum absolute atomic E-state index is 0.556. The highest BCUT2D eigenvalue weighted by Gasteiger charge is 2.32. The SMILES string of the molecule is CC(Cl)(C(=O)O)c1ccc(-c2ccc(N)cc2)cc1. The first-order valence-corrected chi connectivity index (χ1v) is 6.18. The van der Waals surface area contributed by atoms with Crippen molar-refractivity contribution in [2.45, 2.75) is 11.8 Å². The van der Waals surface area contributed by atoms with Crippen LogP contribution in [0.1, 0.15) is 12.5 Å². The van der Waals surface area contributed by atoms with E-state index in [0.717, 1.165) is 11.1 Å². The third-order valence-corrected chi connectivity index (χ3v) is 3.45. The van der Waals surface area contributed by atoms with Crippen molar-refractivity contribution < 1.29 is 9.90 Å². The maximum Gasteiger partial charge on any atom is 0.329 e. The molecule has 0 bridgehead atoms. The summed E-state index contributed by atoms with van der Waals surface area (Å²) in [6.07, 6.45) is 0. The lowest BCUT2D eigenvalue weighted by Crippen LogP contribution is -2.25. The van der Waals surface area contributed by atoms with E-state index in [9.17, 15) is 4.79 Å². The minimum Gasteiger partial charge on any atom is -0.480 e. The lowest BCUT2D eigenvalue weighted by Gasteiger charge is -2.17. The van der Waals surface area contributed by atoms with Gasteiger partial charge in [0.05, 0.1) is 0 Å². The number of carbonyl (C=O) groups is 1. The minimum atomic E-state index is -1.40. The summed E-state index contributed by atoms with van der Waals surface area (Å²) in [7, 11) is 0. The molecule has 2 aromatic carbocycles. The fraction of sp³-hybridized carbons (Fsp3) is 0.133. The Morgan fingerprint density at radius 2 is 1.47 bits per heavy atom. The summed E-state index contributed by atoms with van der Waals surface area (Å²) in [5, 5.41) is 9.07. The summed E-state index contributed by atoms with van der Waals surface area (Å²) in [6.45, 7) is 1.47. The molecule has 0 spiro atoms. The largest absolute Gasteiger partial charge is 0.480 e. The number of hydrogen-bond acceptors (Lipinski definition) is 2. The number of alkyl halides is 1. The van der Waals surface area contributed by atoms with E-state index in [-0.39, 0.29) is 0 Å². The molecule has 0 amide bonds. The van der Waals surface area contributed by atoms with E-state index >= 15 is 0 Å². The Balaban J connectivity index is 2.33. The number of rotatable bonds is 3. The molecule has 0 aliphatic carbocycles. The molecular weight excluding hydrogens is 262 g/mol. The van der Waals surface area contributed by atoms with E-state index in [2.05, 4.69) is 0 Å². The fourth-order valence-corrected chi connectivity index (χ4v) is 1.90. The van der Waals surface area contributed by atoms with Gasteiger partial charge < -0.3 is 10.8 Å². The first-order chi connectivity index (χ1) is 8.91. The van der Waals surface area contributed by atoms with Crippen molar-refractivity contribution in [3.63, 3.8) is 0 Å². The van der Waals surface area contributed by atoms with Gasteiger partial charge >= 0.3 is 5.97 Å². The van der Waals surface area contributed by atoms with Crippen LogP contribution in [-0.4, -0.2) is 11.1 Å². The van der Waals surface area contributed by atoms with Crippen molar-refractivity contribution in [2.24, 2.45) is 0 Å². The second-order valence-corrected chi connectivity index (χ2v) is 5.26. The predicted octanol–water partition coefficient (Wildman–Crippen LogP) is 3.47. The molecule has 0 fully saturated rings. The van der Waals surface area contributed by atoms with Gasteiger partial charge in [0.25, 0.3) is 0 Å². The van der Waals surface area contributed by atoms with Crippen molar-refractivity contribution in [2.75, 3.05) is 5.73 Å². The molecule has 1 atom stereocenters. The first kappa shape index (κ1) is 13.4. The molecule has 19 heavy (non-hydrogen) atoms. The van der Waals surface area contributed by atoms with E-state index in [1.807, 2.05) is 36.4 Å². The van der Waals surface area contributed by atoms with E-state index < -0.39 is 10.8 Å². The molecule has 3 nitrogen and oxygen atoms in total. The van der Waals surface area contributed by atoms with Crippen LogP contribution in [0, 0.1) is 0 Å². The Morgan fingerprint density at radius 3 is 1.89 bits per heavy atom. The second-order valence-electron chi connectivity index (χ2n) is 4.51. The van der Waals surface area contributed by atoms with E-state index in [1.54, 1.807) is 12.1 Å². The van der Waals surface area contributed by atoms with Crippen molar-refractivity contribution >= 4 is 23.3 Å². The molecule has 0 aliphatic heterocycles. The standard InChI is InChI=1S/C15H14ClNO2/c1-15(16,14(18)19)12-6-2-10(3-7-12)11-4-8-13(17)9-5-11/h2-9H,17H2,1H3,(H,18,19). The van der Waals surface area contributed by atoms with Crippen LogP contribution < -0.4 is 5.73 Å². The maximum absolute atomic E-state index is 11.1. The van der Waals surface area contributed by atoms with Gasteiger partial charge in [-0.25, -0.2) is 4.79 Å². The Hall–Kier alpha value is -2.00. The van der Waals surface area contributed by atoms with Crippen LogP contribution in [0.3, 0.4) is 0 Å². The molecule has 98 valence electrons. The number of anilines is 1. The number of nitrogen functional groups attached to an aromatic ring is 1. The predicted molar refractivity (Wildman–Crippen MR) is 77.1 cm³/mol. The van der Waals surface area contributed by atoms with Gasteiger partial charge in [-0.3, -0.25) is 0 Å². The van der Waals surface area contributed by atoms with Crippen LogP contribution in [0.5, 0.6) is 0 Å². The van der Waals surface area contributed by atoms with Gasteiger partial charge in [-0.05, 0) is 35.7 Å². The summed E-state index contributed by atoms with van der Waals surface area (Å²) in [5.74, 6) is -1.06. The van der Waals surface area contributed by atoms with Gasteiger partial charge in [0.15, 0.2) is 4.87 Å². The van der Waals surface area contributed by atoms with Crippen molar-refractivity contribution in [3.05, 3.63) is 54.1 Å². The highest BCUT2D eigenvalue weighted by molar-refractivity contribution is 6.33. The number of aliphatic carboxylic acids is 1. The zero-order valence-electron chi connectivity index (χ0n) is 10.4. The Morgan fingerprint density at radius 1 is 1.05 bits per heavy atom. The summed E-state index contributed by atoms with van der Waals surface area (Å²) < 4.78 is 0. The molecule has 1 unspecified atom stereocenters. The fourth-order valence-electron chi connectivity index (χ4n) is 1.77. The lowest BCUT2D eigenvalue weighted by molar-refractivity contribution is -0.139. The Kier molecular flexibility index (Phi) is 3.49. The average Bonchev–Trinajstić information content (AvgIpc) is 2.39. The molecule has 0 aromatic heterocycles. The van der Waals surface area contributed by atoms with Crippen LogP contribution >= 0.6 is 11.6 Å². The van der Waals surface area contributed by atoms with Crippen LogP contribution in [0.15, 0.2) is 48.5 Å². The normalized spacial score (nSPS) is 13.8. The molecule has 2 rings (SSSR count).